The van der Waals surface area contributed by atoms with Gasteiger partial charge < -0.3 is 15.3 Å². The maximum Gasteiger partial charge on any atom is 0.225 e. The molecule has 1 saturated carbocycles. The van der Waals surface area contributed by atoms with Crippen molar-refractivity contribution in [3.05, 3.63) is 0 Å². The Labute approximate surface area is 118 Å². The lowest BCUT2D eigenvalue weighted by Crippen LogP contribution is -2.34. The molecule has 19 heavy (non-hydrogen) atoms. The van der Waals surface area contributed by atoms with Crippen molar-refractivity contribution >= 4 is 23.6 Å². The molecule has 0 bridgehead atoms. The number of carbonyl (C=O) groups excluding carboxylic acids is 2. The normalized spacial score (nSPS) is 22.9. The summed E-state index contributed by atoms with van der Waals surface area (Å²) in [6, 6.07) is 0.416. The maximum atomic E-state index is 11.9. The van der Waals surface area contributed by atoms with Gasteiger partial charge in [-0.2, -0.15) is 11.8 Å². The molecule has 5 nitrogen and oxygen atoms in total. The highest BCUT2D eigenvalue weighted by Gasteiger charge is 2.41. The zero-order chi connectivity index (χ0) is 13.7. The molecule has 2 amide bonds. The van der Waals surface area contributed by atoms with Crippen molar-refractivity contribution in [3.8, 4) is 0 Å². The van der Waals surface area contributed by atoms with Crippen molar-refractivity contribution in [2.45, 2.75) is 31.7 Å². The Bertz CT molecular complexity index is 334. The highest BCUT2D eigenvalue weighted by atomic mass is 32.2. The van der Waals surface area contributed by atoms with Crippen LogP contribution in [0.2, 0.25) is 0 Å². The maximum absolute atomic E-state index is 11.9. The van der Waals surface area contributed by atoms with Crippen molar-refractivity contribution in [1.29, 1.82) is 0 Å². The van der Waals surface area contributed by atoms with Crippen molar-refractivity contribution in [2.75, 3.05) is 31.2 Å². The Morgan fingerprint density at radius 3 is 2.89 bits per heavy atom. The van der Waals surface area contributed by atoms with E-state index in [0.717, 1.165) is 30.8 Å². The van der Waals surface area contributed by atoms with Gasteiger partial charge in [-0.05, 0) is 25.0 Å². The Morgan fingerprint density at radius 1 is 1.42 bits per heavy atom. The van der Waals surface area contributed by atoms with E-state index in [1.165, 1.54) is 0 Å². The molecule has 2 rings (SSSR count). The van der Waals surface area contributed by atoms with Gasteiger partial charge in [0.1, 0.15) is 0 Å². The molecule has 6 heteroatoms. The third-order valence-corrected chi connectivity index (χ3v) is 4.58. The minimum Gasteiger partial charge on any atom is -0.396 e. The van der Waals surface area contributed by atoms with Crippen LogP contribution < -0.4 is 5.32 Å². The van der Waals surface area contributed by atoms with E-state index in [1.807, 2.05) is 4.90 Å². The first-order valence-electron chi connectivity index (χ1n) is 6.98. The van der Waals surface area contributed by atoms with Crippen LogP contribution in [0.5, 0.6) is 0 Å². The largest absolute Gasteiger partial charge is 0.396 e. The van der Waals surface area contributed by atoms with Crippen LogP contribution in [0, 0.1) is 5.92 Å². The van der Waals surface area contributed by atoms with Crippen LogP contribution in [0.3, 0.4) is 0 Å². The fourth-order valence-electron chi connectivity index (χ4n) is 2.31. The SMILES string of the molecule is O=C(NCCSCCCO)C1CC(=O)N(C2CC2)C1. The zero-order valence-corrected chi connectivity index (χ0v) is 12.0. The van der Waals surface area contributed by atoms with Gasteiger partial charge in [0, 0.05) is 37.9 Å². The van der Waals surface area contributed by atoms with Crippen LogP contribution in [-0.4, -0.2) is 59.1 Å². The first-order valence-corrected chi connectivity index (χ1v) is 8.13. The average molecular weight is 286 g/mol. The monoisotopic (exact) mass is 286 g/mol. The van der Waals surface area contributed by atoms with E-state index in [2.05, 4.69) is 5.32 Å². The van der Waals surface area contributed by atoms with Crippen LogP contribution >= 0.6 is 11.8 Å². The molecule has 0 radical (unpaired) electrons. The van der Waals surface area contributed by atoms with Gasteiger partial charge >= 0.3 is 0 Å². The topological polar surface area (TPSA) is 69.6 Å². The van der Waals surface area contributed by atoms with Crippen molar-refractivity contribution in [2.24, 2.45) is 5.92 Å². The lowest BCUT2D eigenvalue weighted by atomic mass is 10.1. The van der Waals surface area contributed by atoms with Crippen molar-refractivity contribution in [1.82, 2.24) is 10.2 Å². The standard InChI is InChI=1S/C13H22N2O3S/c16-5-1-6-19-7-4-14-13(18)10-8-12(17)15(9-10)11-2-3-11/h10-11,16H,1-9H2,(H,14,18). The first-order chi connectivity index (χ1) is 9.22. The summed E-state index contributed by atoms with van der Waals surface area (Å²) in [6.07, 6.45) is 3.37. The fourth-order valence-corrected chi connectivity index (χ4v) is 3.09. The number of nitrogens with zero attached hydrogens (tertiary/aromatic N) is 1. The molecule has 1 unspecified atom stereocenters. The molecular weight excluding hydrogens is 264 g/mol. The molecule has 1 aliphatic heterocycles. The Kier molecular flexibility index (Phi) is 5.51. The van der Waals surface area contributed by atoms with Gasteiger partial charge in [-0.15, -0.1) is 0 Å². The molecule has 2 aliphatic rings. The van der Waals surface area contributed by atoms with Crippen LogP contribution in [0.15, 0.2) is 0 Å². The second kappa shape index (κ2) is 7.14. The molecule has 2 fully saturated rings. The van der Waals surface area contributed by atoms with Gasteiger partial charge in [0.15, 0.2) is 0 Å². The number of hydrogen-bond donors (Lipinski definition) is 2. The molecule has 0 aromatic heterocycles. The van der Waals surface area contributed by atoms with Gasteiger partial charge in [0.25, 0.3) is 0 Å². The highest BCUT2D eigenvalue weighted by molar-refractivity contribution is 7.99. The molecule has 2 N–H and O–H groups in total. The Morgan fingerprint density at radius 2 is 2.21 bits per heavy atom. The van der Waals surface area contributed by atoms with E-state index in [1.54, 1.807) is 11.8 Å². The number of thioether (sulfide) groups is 1. The lowest BCUT2D eigenvalue weighted by Gasteiger charge is -2.15. The molecule has 1 atom stereocenters. The van der Waals surface area contributed by atoms with Crippen LogP contribution in [0.25, 0.3) is 0 Å². The summed E-state index contributed by atoms with van der Waals surface area (Å²) in [5.74, 6) is 1.78. The minimum absolute atomic E-state index is 0.0132. The van der Waals surface area contributed by atoms with E-state index in [4.69, 9.17) is 5.11 Å². The summed E-state index contributed by atoms with van der Waals surface area (Å²) >= 11 is 1.73. The fraction of sp³-hybridized carbons (Fsp3) is 0.846. The first kappa shape index (κ1) is 14.7. The number of nitrogens with one attached hydrogen (secondary N) is 1. The summed E-state index contributed by atoms with van der Waals surface area (Å²) < 4.78 is 0. The predicted octanol–water partition coefficient (Wildman–Crippen LogP) is 0.229. The summed E-state index contributed by atoms with van der Waals surface area (Å²) in [6.45, 7) is 1.47. The van der Waals surface area contributed by atoms with E-state index in [-0.39, 0.29) is 24.3 Å². The minimum atomic E-state index is -0.157. The van der Waals surface area contributed by atoms with Gasteiger partial charge in [0.2, 0.25) is 11.8 Å². The number of carbonyl (C=O) groups is 2. The predicted molar refractivity (Wildman–Crippen MR) is 74.9 cm³/mol. The van der Waals surface area contributed by atoms with Gasteiger partial charge in [-0.25, -0.2) is 0 Å². The molecule has 1 heterocycles. The second-order valence-corrected chi connectivity index (χ2v) is 6.38. The van der Waals surface area contributed by atoms with E-state index < -0.39 is 0 Å². The van der Waals surface area contributed by atoms with E-state index in [9.17, 15) is 9.59 Å². The molecule has 108 valence electrons. The molecule has 1 aliphatic carbocycles. The number of likely N-dealkylation sites (tertiary alicyclic amines) is 1. The van der Waals surface area contributed by atoms with Gasteiger partial charge in [0.05, 0.1) is 5.92 Å². The highest BCUT2D eigenvalue weighted by Crippen LogP contribution is 2.32. The third kappa shape index (κ3) is 4.38. The van der Waals surface area contributed by atoms with Crippen LogP contribution in [0.1, 0.15) is 25.7 Å². The zero-order valence-electron chi connectivity index (χ0n) is 11.1. The molecule has 0 aromatic rings. The van der Waals surface area contributed by atoms with E-state index in [0.29, 0.717) is 25.6 Å². The van der Waals surface area contributed by atoms with Crippen molar-refractivity contribution in [3.63, 3.8) is 0 Å². The summed E-state index contributed by atoms with van der Waals surface area (Å²) in [4.78, 5) is 25.5. The third-order valence-electron chi connectivity index (χ3n) is 3.51. The number of amides is 2. The van der Waals surface area contributed by atoms with Crippen LogP contribution in [0.4, 0.5) is 0 Å². The Hall–Kier alpha value is -0.750. The lowest BCUT2D eigenvalue weighted by molar-refractivity contribution is -0.129. The number of rotatable bonds is 8. The quantitative estimate of drug-likeness (QED) is 0.627. The molecule has 0 aromatic carbocycles. The number of hydrogen-bond acceptors (Lipinski definition) is 4. The molecular formula is C13H22N2O3S. The summed E-state index contributed by atoms with van der Waals surface area (Å²) in [5.41, 5.74) is 0. The average Bonchev–Trinajstić information content (AvgIpc) is 3.16. The molecule has 1 saturated heterocycles. The van der Waals surface area contributed by atoms with Crippen LogP contribution in [-0.2, 0) is 9.59 Å². The molecule has 0 spiro atoms. The number of aliphatic hydroxyl groups is 1. The smallest absolute Gasteiger partial charge is 0.225 e. The van der Waals surface area contributed by atoms with Crippen molar-refractivity contribution < 1.29 is 14.7 Å². The second-order valence-electron chi connectivity index (χ2n) is 5.16. The summed E-state index contributed by atoms with van der Waals surface area (Å²) in [7, 11) is 0. The van der Waals surface area contributed by atoms with Gasteiger partial charge in [-0.1, -0.05) is 0 Å². The van der Waals surface area contributed by atoms with Gasteiger partial charge in [-0.3, -0.25) is 9.59 Å². The summed E-state index contributed by atoms with van der Waals surface area (Å²) in [5, 5.41) is 11.5. The Balaban J connectivity index is 1.60. The van der Waals surface area contributed by atoms with E-state index >= 15 is 0 Å². The number of aliphatic hydroxyl groups excluding tert-OH is 1.